The number of benzene rings is 1. The molecule has 0 saturated carbocycles. The molecule has 1 aromatic rings. The van der Waals surface area contributed by atoms with Gasteiger partial charge >= 0.3 is 5.97 Å². The average molecular weight is 300 g/mol. The predicted octanol–water partition coefficient (Wildman–Crippen LogP) is 3.56. The topological polar surface area (TPSA) is 40.5 Å². The van der Waals surface area contributed by atoms with E-state index in [0.29, 0.717) is 31.5 Å². The van der Waals surface area contributed by atoms with Gasteiger partial charge in [0.15, 0.2) is 0 Å². The molecule has 0 aliphatic carbocycles. The van der Waals surface area contributed by atoms with Crippen LogP contribution in [-0.2, 0) is 11.3 Å². The van der Waals surface area contributed by atoms with Gasteiger partial charge in [0.25, 0.3) is 0 Å². The molecule has 1 fully saturated rings. The number of carboxylic acids is 1. The molecule has 1 atom stereocenters. The van der Waals surface area contributed by atoms with Crippen molar-refractivity contribution in [2.45, 2.75) is 32.7 Å². The van der Waals surface area contributed by atoms with Crippen LogP contribution in [0.2, 0.25) is 5.02 Å². The van der Waals surface area contributed by atoms with Gasteiger partial charge in [-0.25, -0.2) is 4.39 Å². The molecule has 1 aromatic carbocycles. The third-order valence-electron chi connectivity index (χ3n) is 4.21. The van der Waals surface area contributed by atoms with E-state index in [-0.39, 0.29) is 5.02 Å². The Kier molecular flexibility index (Phi) is 4.66. The minimum absolute atomic E-state index is 0.135. The van der Waals surface area contributed by atoms with Crippen molar-refractivity contribution in [1.82, 2.24) is 4.90 Å². The van der Waals surface area contributed by atoms with Crippen LogP contribution in [-0.4, -0.2) is 29.1 Å². The molecule has 0 amide bonds. The van der Waals surface area contributed by atoms with Crippen molar-refractivity contribution < 1.29 is 14.3 Å². The van der Waals surface area contributed by atoms with Crippen LogP contribution in [0.3, 0.4) is 0 Å². The van der Waals surface area contributed by atoms with E-state index in [1.165, 1.54) is 6.07 Å². The van der Waals surface area contributed by atoms with E-state index < -0.39 is 17.2 Å². The zero-order valence-electron chi connectivity index (χ0n) is 11.5. The lowest BCUT2D eigenvalue weighted by Crippen LogP contribution is -2.47. The Hall–Kier alpha value is -1.13. The lowest BCUT2D eigenvalue weighted by Gasteiger charge is -2.39. The molecule has 110 valence electrons. The third kappa shape index (κ3) is 2.96. The molecule has 0 aromatic heterocycles. The fraction of sp³-hybridized carbons (Fsp3) is 0.533. The van der Waals surface area contributed by atoms with Crippen LogP contribution in [0.1, 0.15) is 31.7 Å². The Morgan fingerprint density at radius 3 is 2.95 bits per heavy atom. The monoisotopic (exact) mass is 299 g/mol. The average Bonchev–Trinajstić information content (AvgIpc) is 2.44. The summed E-state index contributed by atoms with van der Waals surface area (Å²) in [5.74, 6) is -1.17. The van der Waals surface area contributed by atoms with E-state index in [4.69, 9.17) is 11.6 Å². The number of rotatable bonds is 4. The van der Waals surface area contributed by atoms with Crippen LogP contribution in [0.25, 0.3) is 0 Å². The minimum atomic E-state index is -0.741. The maximum absolute atomic E-state index is 13.4. The Morgan fingerprint density at radius 2 is 2.30 bits per heavy atom. The Bertz CT molecular complexity index is 509. The van der Waals surface area contributed by atoms with Gasteiger partial charge in [-0.3, -0.25) is 9.69 Å². The Labute approximate surface area is 123 Å². The summed E-state index contributed by atoms with van der Waals surface area (Å²) in [5.41, 5.74) is 0.0295. The minimum Gasteiger partial charge on any atom is -0.481 e. The molecule has 0 radical (unpaired) electrons. The van der Waals surface area contributed by atoms with Gasteiger partial charge < -0.3 is 5.11 Å². The molecular formula is C15H19ClFNO2. The van der Waals surface area contributed by atoms with Gasteiger partial charge in [0, 0.05) is 13.1 Å². The molecular weight excluding hydrogens is 281 g/mol. The third-order valence-corrected chi connectivity index (χ3v) is 4.64. The van der Waals surface area contributed by atoms with Crippen molar-refractivity contribution in [3.63, 3.8) is 0 Å². The van der Waals surface area contributed by atoms with Gasteiger partial charge in [-0.2, -0.15) is 0 Å². The van der Waals surface area contributed by atoms with Gasteiger partial charge in [0.2, 0.25) is 0 Å². The lowest BCUT2D eigenvalue weighted by molar-refractivity contribution is -0.153. The van der Waals surface area contributed by atoms with E-state index in [1.807, 2.05) is 6.92 Å². The summed E-state index contributed by atoms with van der Waals surface area (Å²) in [6, 6.07) is 4.74. The summed E-state index contributed by atoms with van der Waals surface area (Å²) in [7, 11) is 0. The molecule has 1 N–H and O–H groups in total. The predicted molar refractivity (Wildman–Crippen MR) is 76.3 cm³/mol. The maximum Gasteiger partial charge on any atom is 0.310 e. The molecule has 5 heteroatoms. The summed E-state index contributed by atoms with van der Waals surface area (Å²) >= 11 is 5.96. The summed E-state index contributed by atoms with van der Waals surface area (Å²) < 4.78 is 13.4. The van der Waals surface area contributed by atoms with E-state index in [1.54, 1.807) is 12.1 Å². The van der Waals surface area contributed by atoms with E-state index in [2.05, 4.69) is 4.90 Å². The molecule has 20 heavy (non-hydrogen) atoms. The second-order valence-electron chi connectivity index (χ2n) is 5.47. The number of carbonyl (C=O) groups is 1. The molecule has 1 heterocycles. The highest BCUT2D eigenvalue weighted by atomic mass is 35.5. The van der Waals surface area contributed by atoms with Gasteiger partial charge in [-0.15, -0.1) is 0 Å². The van der Waals surface area contributed by atoms with Crippen LogP contribution in [0.5, 0.6) is 0 Å². The van der Waals surface area contributed by atoms with Gasteiger partial charge in [-0.1, -0.05) is 30.7 Å². The number of carboxylic acid groups (broad SMARTS) is 1. The fourth-order valence-electron chi connectivity index (χ4n) is 2.89. The zero-order valence-corrected chi connectivity index (χ0v) is 12.3. The lowest BCUT2D eigenvalue weighted by atomic mass is 9.77. The molecule has 0 bridgehead atoms. The summed E-state index contributed by atoms with van der Waals surface area (Å²) in [6.07, 6.45) is 2.15. The number of halogens is 2. The molecule has 3 nitrogen and oxygen atoms in total. The quantitative estimate of drug-likeness (QED) is 0.924. The molecule has 0 spiro atoms. The summed E-state index contributed by atoms with van der Waals surface area (Å²) in [4.78, 5) is 13.6. The van der Waals surface area contributed by atoms with Crippen LogP contribution in [0, 0.1) is 11.2 Å². The molecule has 2 rings (SSSR count). The van der Waals surface area contributed by atoms with Gasteiger partial charge in [0.1, 0.15) is 5.82 Å². The summed E-state index contributed by atoms with van der Waals surface area (Å²) in [5, 5.41) is 9.59. The van der Waals surface area contributed by atoms with Crippen molar-refractivity contribution >= 4 is 17.6 Å². The molecule has 1 unspecified atom stereocenters. The number of aliphatic carboxylic acids is 1. The first kappa shape index (κ1) is 15.3. The van der Waals surface area contributed by atoms with Crippen LogP contribution < -0.4 is 0 Å². The van der Waals surface area contributed by atoms with Crippen molar-refractivity contribution in [2.75, 3.05) is 13.1 Å². The highest BCUT2D eigenvalue weighted by molar-refractivity contribution is 6.31. The van der Waals surface area contributed by atoms with Crippen molar-refractivity contribution in [3.05, 3.63) is 34.6 Å². The van der Waals surface area contributed by atoms with Crippen LogP contribution >= 0.6 is 11.6 Å². The Balaban J connectivity index is 2.14. The first-order chi connectivity index (χ1) is 9.48. The Morgan fingerprint density at radius 1 is 1.55 bits per heavy atom. The van der Waals surface area contributed by atoms with Crippen LogP contribution in [0.4, 0.5) is 4.39 Å². The number of piperidine rings is 1. The fourth-order valence-corrected chi connectivity index (χ4v) is 3.07. The van der Waals surface area contributed by atoms with Crippen molar-refractivity contribution in [2.24, 2.45) is 5.41 Å². The second kappa shape index (κ2) is 6.10. The largest absolute Gasteiger partial charge is 0.481 e. The zero-order chi connectivity index (χ0) is 14.8. The second-order valence-corrected chi connectivity index (χ2v) is 5.84. The van der Waals surface area contributed by atoms with Crippen molar-refractivity contribution in [1.29, 1.82) is 0 Å². The molecule has 1 aliphatic heterocycles. The van der Waals surface area contributed by atoms with Crippen LogP contribution in [0.15, 0.2) is 18.2 Å². The van der Waals surface area contributed by atoms with E-state index in [0.717, 1.165) is 13.0 Å². The number of hydrogen-bond donors (Lipinski definition) is 1. The number of likely N-dealkylation sites (tertiary alicyclic amines) is 1. The standard InChI is InChI=1S/C15H19ClFNO2/c1-2-15(14(19)20)7-4-8-18(10-15)9-11-5-3-6-12(17)13(11)16/h3,5-6H,2,4,7-10H2,1H3,(H,19,20). The first-order valence-electron chi connectivity index (χ1n) is 6.87. The highest BCUT2D eigenvalue weighted by Crippen LogP contribution is 2.34. The van der Waals surface area contributed by atoms with E-state index in [9.17, 15) is 14.3 Å². The number of nitrogens with zero attached hydrogens (tertiary/aromatic N) is 1. The first-order valence-corrected chi connectivity index (χ1v) is 7.25. The number of hydrogen-bond acceptors (Lipinski definition) is 2. The normalized spacial score (nSPS) is 23.8. The SMILES string of the molecule is CCC1(C(=O)O)CCCN(Cc2cccc(F)c2Cl)C1. The maximum atomic E-state index is 13.4. The molecule has 1 saturated heterocycles. The summed E-state index contributed by atoms with van der Waals surface area (Å²) in [6.45, 7) is 3.71. The van der Waals surface area contributed by atoms with Crippen molar-refractivity contribution in [3.8, 4) is 0 Å². The van der Waals surface area contributed by atoms with E-state index >= 15 is 0 Å². The van der Waals surface area contributed by atoms with Gasteiger partial charge in [-0.05, 0) is 37.4 Å². The molecule has 1 aliphatic rings. The van der Waals surface area contributed by atoms with Gasteiger partial charge in [0.05, 0.1) is 10.4 Å². The smallest absolute Gasteiger partial charge is 0.310 e. The highest BCUT2D eigenvalue weighted by Gasteiger charge is 2.40.